The van der Waals surface area contributed by atoms with Crippen molar-refractivity contribution in [1.29, 1.82) is 0 Å². The second-order valence-electron chi connectivity index (χ2n) is 8.60. The first-order valence-corrected chi connectivity index (χ1v) is 10.9. The number of nitrogens with one attached hydrogen (secondary N) is 1. The third-order valence-corrected chi connectivity index (χ3v) is 6.64. The van der Waals surface area contributed by atoms with E-state index in [0.717, 1.165) is 64.7 Å². The molecule has 1 N–H and O–H groups in total. The second kappa shape index (κ2) is 8.65. The van der Waals surface area contributed by atoms with Gasteiger partial charge in [0.2, 0.25) is 5.91 Å². The molecule has 3 aliphatic rings. The van der Waals surface area contributed by atoms with Crippen molar-refractivity contribution in [3.05, 3.63) is 27.9 Å². The van der Waals surface area contributed by atoms with E-state index in [4.69, 9.17) is 0 Å². The molecule has 1 unspecified atom stereocenters. The van der Waals surface area contributed by atoms with E-state index in [2.05, 4.69) is 14.9 Å². The number of likely N-dealkylation sites (tertiary alicyclic amines) is 3. The number of H-pyrrole nitrogens is 1. The number of piperidine rings is 2. The monoisotopic (exact) mass is 401 g/mol. The highest BCUT2D eigenvalue weighted by Crippen LogP contribution is 2.26. The molecule has 1 aromatic rings. The second-order valence-corrected chi connectivity index (χ2v) is 8.60. The minimum atomic E-state index is -0.371. The summed E-state index contributed by atoms with van der Waals surface area (Å²) in [6.07, 6.45) is 7.46. The highest BCUT2D eigenvalue weighted by atomic mass is 16.2. The minimum absolute atomic E-state index is 0.114. The van der Waals surface area contributed by atoms with Gasteiger partial charge >= 0.3 is 0 Å². The SMILES string of the molecule is Cc1ncc(C(=O)N2CCC(N3CCCC(C(=O)N4CCCC4)C3)CC2)c(=O)[nH]1. The molecule has 1 atom stereocenters. The van der Waals surface area contributed by atoms with Crippen LogP contribution in [0.2, 0.25) is 0 Å². The summed E-state index contributed by atoms with van der Waals surface area (Å²) in [6, 6.07) is 0.405. The highest BCUT2D eigenvalue weighted by Gasteiger charge is 2.35. The van der Waals surface area contributed by atoms with E-state index in [-0.39, 0.29) is 22.9 Å². The zero-order valence-electron chi connectivity index (χ0n) is 17.2. The summed E-state index contributed by atoms with van der Waals surface area (Å²) in [5.74, 6) is 0.732. The maximum Gasteiger partial charge on any atom is 0.263 e. The van der Waals surface area contributed by atoms with Crippen LogP contribution in [0.5, 0.6) is 0 Å². The standard InChI is InChI=1S/C21H31N5O3/c1-15-22-13-18(19(27)23-15)21(29)25-11-6-17(7-12-25)26-10-4-5-16(14-26)20(28)24-8-2-3-9-24/h13,16-17H,2-12,14H2,1H3,(H,22,23,27). The molecule has 0 saturated carbocycles. The van der Waals surface area contributed by atoms with Crippen LogP contribution in [0.25, 0.3) is 0 Å². The van der Waals surface area contributed by atoms with Gasteiger partial charge in [-0.05, 0) is 52.0 Å². The molecular weight excluding hydrogens is 370 g/mol. The molecule has 4 heterocycles. The Morgan fingerprint density at radius 1 is 1.00 bits per heavy atom. The maximum absolute atomic E-state index is 12.8. The lowest BCUT2D eigenvalue weighted by atomic mass is 9.93. The predicted molar refractivity (Wildman–Crippen MR) is 109 cm³/mol. The molecule has 0 aliphatic carbocycles. The van der Waals surface area contributed by atoms with Crippen LogP contribution >= 0.6 is 0 Å². The summed E-state index contributed by atoms with van der Waals surface area (Å²) >= 11 is 0. The normalized spacial score (nSPS) is 24.1. The Kier molecular flexibility index (Phi) is 5.99. The van der Waals surface area contributed by atoms with Crippen LogP contribution in [0.15, 0.2) is 11.0 Å². The van der Waals surface area contributed by atoms with Crippen molar-refractivity contribution in [2.24, 2.45) is 5.92 Å². The van der Waals surface area contributed by atoms with Gasteiger partial charge in [-0.2, -0.15) is 0 Å². The average Bonchev–Trinajstić information content (AvgIpc) is 3.28. The van der Waals surface area contributed by atoms with Crippen molar-refractivity contribution in [1.82, 2.24) is 24.7 Å². The van der Waals surface area contributed by atoms with Crippen molar-refractivity contribution >= 4 is 11.8 Å². The summed E-state index contributed by atoms with van der Waals surface area (Å²) < 4.78 is 0. The van der Waals surface area contributed by atoms with Gasteiger partial charge in [-0.3, -0.25) is 19.3 Å². The van der Waals surface area contributed by atoms with E-state index in [1.54, 1.807) is 11.8 Å². The summed E-state index contributed by atoms with van der Waals surface area (Å²) in [5.41, 5.74) is -0.257. The summed E-state index contributed by atoms with van der Waals surface area (Å²) in [5, 5.41) is 0. The quantitative estimate of drug-likeness (QED) is 0.817. The molecule has 29 heavy (non-hydrogen) atoms. The van der Waals surface area contributed by atoms with E-state index >= 15 is 0 Å². The molecule has 0 aromatic carbocycles. The molecule has 0 bridgehead atoms. The molecule has 3 saturated heterocycles. The molecule has 1 aromatic heterocycles. The number of carbonyl (C=O) groups excluding carboxylic acids is 2. The third-order valence-electron chi connectivity index (χ3n) is 6.64. The van der Waals surface area contributed by atoms with Gasteiger partial charge in [-0.1, -0.05) is 0 Å². The third kappa shape index (κ3) is 4.37. The number of hydrogen-bond donors (Lipinski definition) is 1. The average molecular weight is 402 g/mol. The van der Waals surface area contributed by atoms with Gasteiger partial charge < -0.3 is 14.8 Å². The van der Waals surface area contributed by atoms with Crippen LogP contribution in [0.3, 0.4) is 0 Å². The number of aromatic amines is 1. The zero-order chi connectivity index (χ0) is 20.4. The van der Waals surface area contributed by atoms with Crippen LogP contribution in [-0.4, -0.2) is 81.8 Å². The number of nitrogens with zero attached hydrogens (tertiary/aromatic N) is 4. The highest BCUT2D eigenvalue weighted by molar-refractivity contribution is 5.93. The van der Waals surface area contributed by atoms with Gasteiger partial charge in [0.15, 0.2) is 0 Å². The number of rotatable bonds is 3. The Morgan fingerprint density at radius 2 is 1.72 bits per heavy atom. The molecular formula is C21H31N5O3. The van der Waals surface area contributed by atoms with E-state index in [0.29, 0.717) is 30.9 Å². The van der Waals surface area contributed by atoms with E-state index < -0.39 is 0 Å². The summed E-state index contributed by atoms with van der Waals surface area (Å²) in [4.78, 5) is 50.5. The Labute approximate surface area is 171 Å². The summed E-state index contributed by atoms with van der Waals surface area (Å²) in [7, 11) is 0. The van der Waals surface area contributed by atoms with Crippen LogP contribution < -0.4 is 5.56 Å². The van der Waals surface area contributed by atoms with Gasteiger partial charge in [0, 0.05) is 45.0 Å². The van der Waals surface area contributed by atoms with Gasteiger partial charge in [0.25, 0.3) is 11.5 Å². The topological polar surface area (TPSA) is 89.6 Å². The van der Waals surface area contributed by atoms with E-state index in [1.807, 2.05) is 4.90 Å². The largest absolute Gasteiger partial charge is 0.342 e. The predicted octanol–water partition coefficient (Wildman–Crippen LogP) is 1.02. The smallest absolute Gasteiger partial charge is 0.263 e. The van der Waals surface area contributed by atoms with Gasteiger partial charge in [0.1, 0.15) is 11.4 Å². The molecule has 8 nitrogen and oxygen atoms in total. The molecule has 4 rings (SSSR count). The van der Waals surface area contributed by atoms with Crippen molar-refractivity contribution < 1.29 is 9.59 Å². The van der Waals surface area contributed by atoms with Crippen molar-refractivity contribution in [3.8, 4) is 0 Å². The van der Waals surface area contributed by atoms with Crippen molar-refractivity contribution in [2.75, 3.05) is 39.3 Å². The van der Waals surface area contributed by atoms with Crippen LogP contribution in [0, 0.1) is 12.8 Å². The first kappa shape index (κ1) is 20.1. The first-order chi connectivity index (χ1) is 14.0. The van der Waals surface area contributed by atoms with E-state index in [1.165, 1.54) is 6.20 Å². The van der Waals surface area contributed by atoms with E-state index in [9.17, 15) is 14.4 Å². The lowest BCUT2D eigenvalue weighted by molar-refractivity contribution is -0.136. The van der Waals surface area contributed by atoms with Gasteiger partial charge in [-0.25, -0.2) is 4.98 Å². The lowest BCUT2D eigenvalue weighted by Gasteiger charge is -2.42. The lowest BCUT2D eigenvalue weighted by Crippen LogP contribution is -2.52. The fraction of sp³-hybridized carbons (Fsp3) is 0.714. The van der Waals surface area contributed by atoms with Gasteiger partial charge in [0.05, 0.1) is 5.92 Å². The Hall–Kier alpha value is -2.22. The molecule has 0 spiro atoms. The van der Waals surface area contributed by atoms with Crippen LogP contribution in [0.1, 0.15) is 54.7 Å². The number of aryl methyl sites for hydroxylation is 1. The number of aromatic nitrogens is 2. The number of carbonyl (C=O) groups is 2. The van der Waals surface area contributed by atoms with Crippen LogP contribution in [0.4, 0.5) is 0 Å². The van der Waals surface area contributed by atoms with Crippen molar-refractivity contribution in [2.45, 2.75) is 51.5 Å². The van der Waals surface area contributed by atoms with Crippen LogP contribution in [-0.2, 0) is 4.79 Å². The maximum atomic E-state index is 12.8. The molecule has 3 aliphatic heterocycles. The molecule has 8 heteroatoms. The molecule has 0 radical (unpaired) electrons. The molecule has 2 amide bonds. The Morgan fingerprint density at radius 3 is 2.41 bits per heavy atom. The fourth-order valence-electron chi connectivity index (χ4n) is 4.98. The Balaban J connectivity index is 1.32. The summed E-state index contributed by atoms with van der Waals surface area (Å²) in [6.45, 7) is 6.68. The Bertz CT molecular complexity index is 809. The first-order valence-electron chi connectivity index (χ1n) is 10.9. The molecule has 158 valence electrons. The van der Waals surface area contributed by atoms with Gasteiger partial charge in [-0.15, -0.1) is 0 Å². The zero-order valence-corrected chi connectivity index (χ0v) is 17.2. The van der Waals surface area contributed by atoms with Crippen molar-refractivity contribution in [3.63, 3.8) is 0 Å². The molecule has 3 fully saturated rings. The fourth-order valence-corrected chi connectivity index (χ4v) is 4.98. The number of hydrogen-bond acceptors (Lipinski definition) is 5. The minimum Gasteiger partial charge on any atom is -0.342 e. The number of amides is 2.